The molecule has 0 heterocycles. The molecule has 1 N–H and O–H groups in total. The zero-order chi connectivity index (χ0) is 15.1. The Kier molecular flexibility index (Phi) is 27.1. The second-order valence-corrected chi connectivity index (χ2v) is 5.02. The van der Waals surface area contributed by atoms with Gasteiger partial charge in [0.1, 0.15) is 0 Å². The molecule has 6 heteroatoms. The van der Waals surface area contributed by atoms with Gasteiger partial charge in [-0.1, -0.05) is 51.9 Å². The van der Waals surface area contributed by atoms with Crippen LogP contribution in [0, 0.1) is 0 Å². The van der Waals surface area contributed by atoms with Gasteiger partial charge in [-0.3, -0.25) is 9.59 Å². The third-order valence-corrected chi connectivity index (χ3v) is 3.06. The summed E-state index contributed by atoms with van der Waals surface area (Å²) in [4.78, 5) is 21.3. The van der Waals surface area contributed by atoms with E-state index in [9.17, 15) is 9.59 Å². The van der Waals surface area contributed by atoms with Crippen molar-refractivity contribution < 1.29 is 19.4 Å². The van der Waals surface area contributed by atoms with E-state index in [1.807, 2.05) is 6.08 Å². The van der Waals surface area contributed by atoms with Crippen LogP contribution in [0.3, 0.4) is 0 Å². The van der Waals surface area contributed by atoms with E-state index >= 15 is 0 Å². The van der Waals surface area contributed by atoms with Crippen LogP contribution in [-0.2, 0) is 14.3 Å². The summed E-state index contributed by atoms with van der Waals surface area (Å²) in [5, 5.41) is 8.40. The molecule has 0 saturated heterocycles. The molecule has 0 aliphatic rings. The van der Waals surface area contributed by atoms with E-state index in [1.165, 1.54) is 51.2 Å². The zero-order valence-corrected chi connectivity index (χ0v) is 12.6. The number of hydrogen-bond donors (Lipinski definition) is 1. The van der Waals surface area contributed by atoms with Crippen molar-refractivity contribution in [1.82, 2.24) is 0 Å². The van der Waals surface area contributed by atoms with Gasteiger partial charge in [-0.15, -0.1) is 0 Å². The third kappa shape index (κ3) is 23.0. The van der Waals surface area contributed by atoms with Crippen LogP contribution in [0.15, 0.2) is 12.3 Å². The summed E-state index contributed by atoms with van der Waals surface area (Å²) < 4.78 is 4.78. The third-order valence-electron chi connectivity index (χ3n) is 3.06. The number of carboxylic acids is 1. The predicted molar refractivity (Wildman–Crippen MR) is 93.6 cm³/mol. The van der Waals surface area contributed by atoms with Crippen LogP contribution in [-0.4, -0.2) is 76.2 Å². The van der Waals surface area contributed by atoms with Crippen molar-refractivity contribution in [3.05, 3.63) is 12.3 Å². The molecule has 0 bridgehead atoms. The Labute approximate surface area is 179 Å². The maximum absolute atomic E-state index is 11.1. The van der Waals surface area contributed by atoms with Gasteiger partial charge in [0.25, 0.3) is 0 Å². The fraction of sp³-hybridized carbons (Fsp3) is 0.750. The van der Waals surface area contributed by atoms with Crippen molar-refractivity contribution in [3.63, 3.8) is 0 Å². The molecule has 0 aliphatic carbocycles. The summed E-state index contributed by atoms with van der Waals surface area (Å²) in [6.45, 7) is 2.22. The van der Waals surface area contributed by atoms with Crippen molar-refractivity contribution >= 4 is 71.1 Å². The average molecular weight is 332 g/mol. The van der Waals surface area contributed by atoms with E-state index in [1.54, 1.807) is 0 Å². The Morgan fingerprint density at radius 3 is 2.00 bits per heavy atom. The van der Waals surface area contributed by atoms with E-state index in [4.69, 9.17) is 9.84 Å². The first-order chi connectivity index (χ1) is 9.66. The Morgan fingerprint density at radius 1 is 0.909 bits per heavy atom. The fourth-order valence-corrected chi connectivity index (χ4v) is 1.86. The Bertz CT molecular complexity index is 294. The molecule has 0 spiro atoms. The molecule has 120 valence electrons. The maximum atomic E-state index is 11.1. The van der Waals surface area contributed by atoms with Gasteiger partial charge in [0, 0.05) is 0 Å². The van der Waals surface area contributed by atoms with Gasteiger partial charge in [0.15, 0.2) is 0 Å². The summed E-state index contributed by atoms with van der Waals surface area (Å²) in [7, 11) is 0. The van der Waals surface area contributed by atoms with E-state index in [2.05, 4.69) is 6.92 Å². The van der Waals surface area contributed by atoms with E-state index in [-0.39, 0.29) is 72.0 Å². The second-order valence-electron chi connectivity index (χ2n) is 5.02. The van der Waals surface area contributed by atoms with E-state index in [0.717, 1.165) is 12.8 Å². The molecular formula is C16H30Na2O4. The van der Waals surface area contributed by atoms with Gasteiger partial charge in [0.05, 0.1) is 19.1 Å². The van der Waals surface area contributed by atoms with Gasteiger partial charge in [-0.05, 0) is 18.9 Å². The molecule has 0 amide bonds. The zero-order valence-electron chi connectivity index (χ0n) is 12.6. The number of hydrogen-bond acceptors (Lipinski definition) is 3. The van der Waals surface area contributed by atoms with Crippen LogP contribution in [0.4, 0.5) is 0 Å². The summed E-state index contributed by atoms with van der Waals surface area (Å²) in [5.41, 5.74) is 0. The molecule has 0 unspecified atom stereocenters. The van der Waals surface area contributed by atoms with Crippen molar-refractivity contribution in [2.45, 2.75) is 77.6 Å². The molecule has 0 radical (unpaired) electrons. The first-order valence-corrected chi connectivity index (χ1v) is 7.73. The molecule has 4 nitrogen and oxygen atoms in total. The van der Waals surface area contributed by atoms with Crippen molar-refractivity contribution in [2.24, 2.45) is 0 Å². The number of ether oxygens (including phenoxy) is 1. The van der Waals surface area contributed by atoms with Crippen LogP contribution in [0.2, 0.25) is 0 Å². The number of allylic oxidation sites excluding steroid dienone is 1. The SMILES string of the molecule is CCCCCCCCCC/C=C/OC(=O)CCC(=O)O.[NaH].[NaH]. The molecule has 0 aromatic rings. The molecule has 0 fully saturated rings. The first kappa shape index (κ1) is 27.5. The summed E-state index contributed by atoms with van der Waals surface area (Å²) in [5.74, 6) is -1.47. The van der Waals surface area contributed by atoms with Gasteiger partial charge in [-0.2, -0.15) is 0 Å². The van der Waals surface area contributed by atoms with E-state index < -0.39 is 11.9 Å². The van der Waals surface area contributed by atoms with E-state index in [0.29, 0.717) is 0 Å². The minimum atomic E-state index is -0.982. The quantitative estimate of drug-likeness (QED) is 0.244. The van der Waals surface area contributed by atoms with Gasteiger partial charge >= 0.3 is 71.1 Å². The normalized spacial score (nSPS) is 9.86. The number of unbranched alkanes of at least 4 members (excludes halogenated alkanes) is 8. The number of aliphatic carboxylic acids is 1. The molecule has 0 aromatic heterocycles. The summed E-state index contributed by atoms with van der Waals surface area (Å²) in [6, 6.07) is 0. The average Bonchev–Trinajstić information content (AvgIpc) is 2.42. The van der Waals surface area contributed by atoms with Crippen LogP contribution in [0.1, 0.15) is 77.6 Å². The molecule has 22 heavy (non-hydrogen) atoms. The number of carboxylic acid groups (broad SMARTS) is 1. The number of esters is 1. The predicted octanol–water partition coefficient (Wildman–Crippen LogP) is 3.14. The fourth-order valence-electron chi connectivity index (χ4n) is 1.86. The van der Waals surface area contributed by atoms with Gasteiger partial charge in [0.2, 0.25) is 0 Å². The number of carbonyl (C=O) groups is 2. The Hall–Kier alpha value is 0.680. The molecule has 0 aromatic carbocycles. The number of rotatable bonds is 13. The Balaban J connectivity index is -0.00000180. The topological polar surface area (TPSA) is 63.6 Å². The van der Waals surface area contributed by atoms with Crippen LogP contribution < -0.4 is 0 Å². The van der Waals surface area contributed by atoms with Crippen LogP contribution >= 0.6 is 0 Å². The second kappa shape index (κ2) is 21.7. The van der Waals surface area contributed by atoms with Gasteiger partial charge < -0.3 is 9.84 Å². The van der Waals surface area contributed by atoms with Crippen molar-refractivity contribution in [1.29, 1.82) is 0 Å². The van der Waals surface area contributed by atoms with Crippen molar-refractivity contribution in [2.75, 3.05) is 0 Å². The van der Waals surface area contributed by atoms with Gasteiger partial charge in [-0.25, -0.2) is 0 Å². The summed E-state index contributed by atoms with van der Waals surface area (Å²) >= 11 is 0. The van der Waals surface area contributed by atoms with Crippen LogP contribution in [0.25, 0.3) is 0 Å². The number of carbonyl (C=O) groups excluding carboxylic acids is 1. The van der Waals surface area contributed by atoms with Crippen LogP contribution in [0.5, 0.6) is 0 Å². The molecular weight excluding hydrogens is 302 g/mol. The summed E-state index contributed by atoms with van der Waals surface area (Å²) in [6.07, 6.45) is 14.1. The molecule has 0 saturated carbocycles. The standard InChI is InChI=1S/C16H28O4.2Na.2H/c1-2-3-4-5-6-7-8-9-10-11-14-20-16(19)13-12-15(17)18;;;;/h11,14H,2-10,12-13H2,1H3,(H,17,18);;;;/b14-11+;;;;. The Morgan fingerprint density at radius 2 is 1.45 bits per heavy atom. The minimum absolute atomic E-state index is 0. The van der Waals surface area contributed by atoms with Crippen molar-refractivity contribution in [3.8, 4) is 0 Å². The first-order valence-electron chi connectivity index (χ1n) is 7.73. The molecule has 0 aliphatic heterocycles. The molecule has 0 rings (SSSR count). The molecule has 0 atom stereocenters. The monoisotopic (exact) mass is 332 g/mol.